The standard InChI is InChI=1S/C23H26N2O5/c1-25-18-7-6-16(13-17(18)14-23(25)28)19(26)10-11-24-22(27)9-5-15-4-8-20(29-2)21(12-15)30-3/h4,6-8,12-13H,5,9-11,14H2,1-3H3,(H,24,27). The lowest BCUT2D eigenvalue weighted by Crippen LogP contribution is -2.26. The zero-order chi connectivity index (χ0) is 21.7. The van der Waals surface area contributed by atoms with Crippen LogP contribution in [0.4, 0.5) is 5.69 Å². The molecule has 0 aliphatic carbocycles. The minimum atomic E-state index is -0.112. The Balaban J connectivity index is 1.45. The van der Waals surface area contributed by atoms with E-state index < -0.39 is 0 Å². The maximum Gasteiger partial charge on any atom is 0.231 e. The summed E-state index contributed by atoms with van der Waals surface area (Å²) in [4.78, 5) is 37.9. The van der Waals surface area contributed by atoms with Gasteiger partial charge in [-0.2, -0.15) is 0 Å². The van der Waals surface area contributed by atoms with Gasteiger partial charge in [0.2, 0.25) is 11.8 Å². The Kier molecular flexibility index (Phi) is 6.72. The van der Waals surface area contributed by atoms with Gasteiger partial charge in [0.1, 0.15) is 0 Å². The molecule has 158 valence electrons. The lowest BCUT2D eigenvalue weighted by molar-refractivity contribution is -0.121. The predicted molar refractivity (Wildman–Crippen MR) is 113 cm³/mol. The number of ether oxygens (including phenoxy) is 2. The van der Waals surface area contributed by atoms with Gasteiger partial charge < -0.3 is 19.7 Å². The summed E-state index contributed by atoms with van der Waals surface area (Å²) in [5, 5.41) is 2.79. The molecule has 1 N–H and O–H groups in total. The number of rotatable bonds is 9. The van der Waals surface area contributed by atoms with E-state index >= 15 is 0 Å². The monoisotopic (exact) mass is 410 g/mol. The van der Waals surface area contributed by atoms with Gasteiger partial charge in [-0.1, -0.05) is 6.07 Å². The molecule has 2 amide bonds. The van der Waals surface area contributed by atoms with E-state index in [4.69, 9.17) is 9.47 Å². The van der Waals surface area contributed by atoms with Crippen molar-refractivity contribution in [1.82, 2.24) is 5.32 Å². The van der Waals surface area contributed by atoms with Crippen molar-refractivity contribution in [3.8, 4) is 11.5 Å². The molecule has 0 saturated carbocycles. The minimum Gasteiger partial charge on any atom is -0.493 e. The van der Waals surface area contributed by atoms with Crippen LogP contribution in [-0.4, -0.2) is 45.4 Å². The molecule has 7 heteroatoms. The number of Topliss-reactive ketones (excluding diaryl/α,β-unsaturated/α-hetero) is 1. The van der Waals surface area contributed by atoms with Crippen molar-refractivity contribution in [2.45, 2.75) is 25.7 Å². The number of hydrogen-bond donors (Lipinski definition) is 1. The van der Waals surface area contributed by atoms with Crippen LogP contribution in [0.2, 0.25) is 0 Å². The summed E-state index contributed by atoms with van der Waals surface area (Å²) < 4.78 is 10.5. The minimum absolute atomic E-state index is 0.0244. The van der Waals surface area contributed by atoms with Gasteiger partial charge >= 0.3 is 0 Å². The van der Waals surface area contributed by atoms with Crippen molar-refractivity contribution in [2.24, 2.45) is 0 Å². The van der Waals surface area contributed by atoms with Crippen LogP contribution < -0.4 is 19.7 Å². The van der Waals surface area contributed by atoms with Gasteiger partial charge in [-0.25, -0.2) is 0 Å². The van der Waals surface area contributed by atoms with Crippen LogP contribution in [0.3, 0.4) is 0 Å². The molecule has 3 rings (SSSR count). The molecule has 1 heterocycles. The number of carbonyl (C=O) groups excluding carboxylic acids is 3. The van der Waals surface area contributed by atoms with Gasteiger partial charge in [0.05, 0.1) is 20.6 Å². The second-order valence-electron chi connectivity index (χ2n) is 7.19. The molecule has 0 radical (unpaired) electrons. The summed E-state index contributed by atoms with van der Waals surface area (Å²) in [6.45, 7) is 0.277. The van der Waals surface area contributed by atoms with Crippen molar-refractivity contribution in [3.63, 3.8) is 0 Å². The number of fused-ring (bicyclic) bond motifs is 1. The third-order valence-corrected chi connectivity index (χ3v) is 5.24. The number of aryl methyl sites for hydroxylation is 1. The molecule has 1 aliphatic rings. The SMILES string of the molecule is COc1ccc(CCC(=O)NCCC(=O)c2ccc3c(c2)CC(=O)N3C)cc1OC. The summed E-state index contributed by atoms with van der Waals surface area (Å²) in [6, 6.07) is 10.9. The number of hydrogen-bond acceptors (Lipinski definition) is 5. The van der Waals surface area contributed by atoms with Crippen LogP contribution in [-0.2, 0) is 22.4 Å². The number of likely N-dealkylation sites (N-methyl/N-ethyl adjacent to an activating group) is 1. The van der Waals surface area contributed by atoms with E-state index in [0.717, 1.165) is 16.8 Å². The summed E-state index contributed by atoms with van der Waals surface area (Å²) in [6.07, 6.45) is 1.41. The van der Waals surface area contributed by atoms with Crippen molar-refractivity contribution in [1.29, 1.82) is 0 Å². The van der Waals surface area contributed by atoms with E-state index in [1.54, 1.807) is 44.4 Å². The number of ketones is 1. The van der Waals surface area contributed by atoms with Crippen LogP contribution in [0.15, 0.2) is 36.4 Å². The number of amides is 2. The highest BCUT2D eigenvalue weighted by molar-refractivity contribution is 6.03. The Morgan fingerprint density at radius 1 is 1.03 bits per heavy atom. The number of methoxy groups -OCH3 is 2. The maximum atomic E-state index is 12.4. The largest absolute Gasteiger partial charge is 0.493 e. The van der Waals surface area contributed by atoms with E-state index in [1.165, 1.54) is 0 Å². The second kappa shape index (κ2) is 9.43. The lowest BCUT2D eigenvalue weighted by Gasteiger charge is -2.11. The molecule has 0 unspecified atom stereocenters. The summed E-state index contributed by atoms with van der Waals surface area (Å²) in [5.74, 6) is 1.13. The molecular weight excluding hydrogens is 384 g/mol. The van der Waals surface area contributed by atoms with Crippen LogP contribution >= 0.6 is 0 Å². The third kappa shape index (κ3) is 4.79. The number of benzene rings is 2. The first-order valence-corrected chi connectivity index (χ1v) is 9.83. The Bertz CT molecular complexity index is 970. The Hall–Kier alpha value is -3.35. The van der Waals surface area contributed by atoms with Gasteiger partial charge in [-0.15, -0.1) is 0 Å². The summed E-state index contributed by atoms with van der Waals surface area (Å²) in [5.41, 5.74) is 3.25. The molecule has 30 heavy (non-hydrogen) atoms. The van der Waals surface area contributed by atoms with Crippen molar-refractivity contribution in [3.05, 3.63) is 53.1 Å². The van der Waals surface area contributed by atoms with Crippen LogP contribution in [0.1, 0.15) is 34.3 Å². The quantitative estimate of drug-likeness (QED) is 0.642. The Morgan fingerprint density at radius 3 is 2.53 bits per heavy atom. The number of nitrogens with zero attached hydrogens (tertiary/aromatic N) is 1. The van der Waals surface area contributed by atoms with Crippen molar-refractivity contribution >= 4 is 23.3 Å². The van der Waals surface area contributed by atoms with Crippen molar-refractivity contribution < 1.29 is 23.9 Å². The first-order chi connectivity index (χ1) is 14.4. The average Bonchev–Trinajstić information content (AvgIpc) is 3.04. The predicted octanol–water partition coefficient (Wildman–Crippen LogP) is 2.54. The normalized spacial score (nSPS) is 12.5. The van der Waals surface area contributed by atoms with E-state index in [1.807, 2.05) is 18.2 Å². The second-order valence-corrected chi connectivity index (χ2v) is 7.19. The van der Waals surface area contributed by atoms with Crippen molar-refractivity contribution in [2.75, 3.05) is 32.7 Å². The molecule has 2 aromatic rings. The number of nitrogens with one attached hydrogen (secondary N) is 1. The first kappa shape index (κ1) is 21.4. The lowest BCUT2D eigenvalue weighted by atomic mass is 10.0. The van der Waals surface area contributed by atoms with Gasteiger partial charge in [0.25, 0.3) is 0 Å². The molecular formula is C23H26N2O5. The molecule has 0 atom stereocenters. The zero-order valence-electron chi connectivity index (χ0n) is 17.5. The highest BCUT2D eigenvalue weighted by Crippen LogP contribution is 2.29. The maximum absolute atomic E-state index is 12.4. The highest BCUT2D eigenvalue weighted by atomic mass is 16.5. The Labute approximate surface area is 176 Å². The first-order valence-electron chi connectivity index (χ1n) is 9.83. The van der Waals surface area contributed by atoms with Crippen LogP contribution in [0, 0.1) is 0 Å². The fourth-order valence-electron chi connectivity index (χ4n) is 3.49. The van der Waals surface area contributed by atoms with Crippen LogP contribution in [0.25, 0.3) is 0 Å². The van der Waals surface area contributed by atoms with Gasteiger partial charge in [0, 0.05) is 37.7 Å². The molecule has 0 saturated heterocycles. The van der Waals surface area contributed by atoms with E-state index in [-0.39, 0.29) is 30.6 Å². The van der Waals surface area contributed by atoms with E-state index in [9.17, 15) is 14.4 Å². The van der Waals surface area contributed by atoms with Gasteiger partial charge in [0.15, 0.2) is 17.3 Å². The molecule has 0 aromatic heterocycles. The van der Waals surface area contributed by atoms with E-state index in [0.29, 0.717) is 36.3 Å². The summed E-state index contributed by atoms with van der Waals surface area (Å²) >= 11 is 0. The fraction of sp³-hybridized carbons (Fsp3) is 0.348. The number of anilines is 1. The Morgan fingerprint density at radius 2 is 1.80 bits per heavy atom. The molecule has 0 bridgehead atoms. The average molecular weight is 410 g/mol. The van der Waals surface area contributed by atoms with Gasteiger partial charge in [-0.3, -0.25) is 14.4 Å². The number of carbonyl (C=O) groups is 3. The fourth-order valence-corrected chi connectivity index (χ4v) is 3.49. The van der Waals surface area contributed by atoms with Gasteiger partial charge in [-0.05, 0) is 47.9 Å². The summed E-state index contributed by atoms with van der Waals surface area (Å²) in [7, 11) is 4.88. The van der Waals surface area contributed by atoms with E-state index in [2.05, 4.69) is 5.32 Å². The molecule has 0 fully saturated rings. The molecule has 1 aliphatic heterocycles. The molecule has 0 spiro atoms. The highest BCUT2D eigenvalue weighted by Gasteiger charge is 2.24. The smallest absolute Gasteiger partial charge is 0.231 e. The molecule has 7 nitrogen and oxygen atoms in total. The third-order valence-electron chi connectivity index (χ3n) is 5.24. The zero-order valence-corrected chi connectivity index (χ0v) is 17.5. The molecule has 2 aromatic carbocycles. The van der Waals surface area contributed by atoms with Crippen LogP contribution in [0.5, 0.6) is 11.5 Å². The topological polar surface area (TPSA) is 84.9 Å².